The molecule has 4 aromatic rings. The van der Waals surface area contributed by atoms with Crippen molar-refractivity contribution in [2.75, 3.05) is 7.11 Å². The molecule has 0 aliphatic carbocycles. The summed E-state index contributed by atoms with van der Waals surface area (Å²) in [6, 6.07) is 13.8. The largest absolute Gasteiger partial charge is 0.497 e. The summed E-state index contributed by atoms with van der Waals surface area (Å²) in [6.07, 6.45) is 5.73. The van der Waals surface area contributed by atoms with Gasteiger partial charge in [-0.1, -0.05) is 30.4 Å². The van der Waals surface area contributed by atoms with Gasteiger partial charge >= 0.3 is 0 Å². The molecule has 0 saturated heterocycles. The van der Waals surface area contributed by atoms with Crippen LogP contribution in [0.4, 0.5) is 0 Å². The summed E-state index contributed by atoms with van der Waals surface area (Å²) < 4.78 is 6.96. The van der Waals surface area contributed by atoms with E-state index in [1.165, 1.54) is 0 Å². The summed E-state index contributed by atoms with van der Waals surface area (Å²) in [5.41, 5.74) is 4.95. The number of fused-ring (bicyclic) bond motifs is 3. The summed E-state index contributed by atoms with van der Waals surface area (Å²) >= 11 is 0. The van der Waals surface area contributed by atoms with E-state index in [4.69, 9.17) is 4.74 Å². The molecule has 2 heterocycles. The molecule has 0 bridgehead atoms. The number of ether oxygens (including phenoxy) is 1. The average Bonchev–Trinajstić information content (AvgIpc) is 2.94. The molecule has 4 rings (SSSR count). The molecule has 5 heteroatoms. The lowest BCUT2D eigenvalue weighted by atomic mass is 10.1. The van der Waals surface area contributed by atoms with Crippen molar-refractivity contribution < 1.29 is 9.84 Å². The molecule has 124 valence electrons. The number of hydrogen-bond donors (Lipinski definition) is 1. The number of imidazole rings is 1. The van der Waals surface area contributed by atoms with Gasteiger partial charge in [0.15, 0.2) is 5.65 Å². The van der Waals surface area contributed by atoms with Crippen molar-refractivity contribution in [3.8, 4) is 11.6 Å². The Bertz CT molecular complexity index is 1110. The Kier molecular flexibility index (Phi) is 3.61. The maximum absolute atomic E-state index is 10.2. The van der Waals surface area contributed by atoms with Crippen LogP contribution in [-0.2, 0) is 0 Å². The first-order chi connectivity index (χ1) is 12.2. The van der Waals surface area contributed by atoms with Crippen LogP contribution >= 0.6 is 0 Å². The number of aromatic hydroxyl groups is 1. The van der Waals surface area contributed by atoms with E-state index in [2.05, 4.69) is 9.97 Å². The van der Waals surface area contributed by atoms with E-state index in [9.17, 15) is 5.11 Å². The van der Waals surface area contributed by atoms with Gasteiger partial charge < -0.3 is 9.84 Å². The number of aryl methyl sites for hydroxylation is 1. The lowest BCUT2D eigenvalue weighted by molar-refractivity contribution is 0.414. The molecular weight excluding hydrogens is 314 g/mol. The van der Waals surface area contributed by atoms with E-state index in [1.54, 1.807) is 24.6 Å². The highest BCUT2D eigenvalue weighted by molar-refractivity contribution is 5.83. The van der Waals surface area contributed by atoms with Gasteiger partial charge in [0, 0.05) is 0 Å². The second-order valence-electron chi connectivity index (χ2n) is 5.83. The summed E-state index contributed by atoms with van der Waals surface area (Å²) in [7, 11) is 1.66. The highest BCUT2D eigenvalue weighted by Gasteiger charge is 2.10. The van der Waals surface area contributed by atoms with E-state index in [-0.39, 0.29) is 5.88 Å². The second-order valence-corrected chi connectivity index (χ2v) is 5.83. The molecule has 0 amide bonds. The van der Waals surface area contributed by atoms with E-state index in [1.807, 2.05) is 54.6 Å². The molecule has 0 unspecified atom stereocenters. The SMILES string of the molecule is COc1cccc(/C=C/c2ccc3c(c2)ncc2nc(C)c(O)n23)c1. The van der Waals surface area contributed by atoms with Crippen molar-refractivity contribution in [1.82, 2.24) is 14.4 Å². The summed E-state index contributed by atoms with van der Waals surface area (Å²) in [4.78, 5) is 8.76. The quantitative estimate of drug-likeness (QED) is 0.575. The lowest BCUT2D eigenvalue weighted by Gasteiger charge is -2.04. The molecule has 1 N–H and O–H groups in total. The zero-order valence-corrected chi connectivity index (χ0v) is 14.0. The van der Waals surface area contributed by atoms with Gasteiger partial charge in [0.1, 0.15) is 11.4 Å². The fraction of sp³-hybridized carbons (Fsp3) is 0.100. The van der Waals surface area contributed by atoms with Crippen LogP contribution in [0.5, 0.6) is 11.6 Å². The number of benzene rings is 2. The van der Waals surface area contributed by atoms with Crippen LogP contribution < -0.4 is 4.74 Å². The maximum atomic E-state index is 10.2. The lowest BCUT2D eigenvalue weighted by Crippen LogP contribution is -1.91. The highest BCUT2D eigenvalue weighted by Crippen LogP contribution is 2.24. The molecule has 25 heavy (non-hydrogen) atoms. The Hall–Kier alpha value is -3.34. The fourth-order valence-electron chi connectivity index (χ4n) is 2.87. The van der Waals surface area contributed by atoms with Gasteiger partial charge in [0.2, 0.25) is 5.88 Å². The molecule has 0 aliphatic heterocycles. The predicted octanol–water partition coefficient (Wildman–Crippen LogP) is 4.08. The van der Waals surface area contributed by atoms with Crippen molar-refractivity contribution in [3.63, 3.8) is 0 Å². The normalized spacial score (nSPS) is 11.6. The van der Waals surface area contributed by atoms with Gasteiger partial charge in [-0.3, -0.25) is 9.38 Å². The zero-order chi connectivity index (χ0) is 17.4. The van der Waals surface area contributed by atoms with Crippen LogP contribution in [0, 0.1) is 6.92 Å². The minimum absolute atomic E-state index is 0.155. The number of hydrogen-bond acceptors (Lipinski definition) is 4. The molecule has 0 fully saturated rings. The van der Waals surface area contributed by atoms with Gasteiger partial charge in [-0.2, -0.15) is 0 Å². The van der Waals surface area contributed by atoms with Crippen LogP contribution in [0.2, 0.25) is 0 Å². The van der Waals surface area contributed by atoms with Gasteiger partial charge in [-0.25, -0.2) is 4.98 Å². The first-order valence-electron chi connectivity index (χ1n) is 7.94. The standard InChI is InChI=1S/C20H17N3O2/c1-13-20(24)23-18-9-8-15(11-17(18)21-12-19(23)22-13)7-6-14-4-3-5-16(10-14)25-2/h3-12,24H,1-2H3/b7-6+. The Morgan fingerprint density at radius 1 is 1.08 bits per heavy atom. The van der Waals surface area contributed by atoms with E-state index in [0.29, 0.717) is 11.3 Å². The topological polar surface area (TPSA) is 59.7 Å². The van der Waals surface area contributed by atoms with Crippen LogP contribution in [0.25, 0.3) is 28.8 Å². The Morgan fingerprint density at radius 3 is 2.68 bits per heavy atom. The van der Waals surface area contributed by atoms with Crippen molar-refractivity contribution in [2.45, 2.75) is 6.92 Å². The van der Waals surface area contributed by atoms with Crippen molar-refractivity contribution in [1.29, 1.82) is 0 Å². The van der Waals surface area contributed by atoms with Crippen molar-refractivity contribution in [3.05, 3.63) is 65.5 Å². The first kappa shape index (κ1) is 15.2. The Morgan fingerprint density at radius 2 is 1.88 bits per heavy atom. The highest BCUT2D eigenvalue weighted by atomic mass is 16.5. The number of nitrogens with zero attached hydrogens (tertiary/aromatic N) is 3. The number of methoxy groups -OCH3 is 1. The molecule has 0 saturated carbocycles. The average molecular weight is 331 g/mol. The van der Waals surface area contributed by atoms with Gasteiger partial charge in [0.25, 0.3) is 0 Å². The molecule has 0 radical (unpaired) electrons. The second kappa shape index (κ2) is 5.94. The molecular formula is C20H17N3O2. The fourth-order valence-corrected chi connectivity index (χ4v) is 2.87. The number of rotatable bonds is 3. The van der Waals surface area contributed by atoms with Crippen LogP contribution in [0.15, 0.2) is 48.7 Å². The van der Waals surface area contributed by atoms with E-state index in [0.717, 1.165) is 27.9 Å². The summed E-state index contributed by atoms with van der Waals surface area (Å²) in [5.74, 6) is 0.984. The van der Waals surface area contributed by atoms with Crippen LogP contribution in [0.1, 0.15) is 16.8 Å². The van der Waals surface area contributed by atoms with E-state index >= 15 is 0 Å². The summed E-state index contributed by atoms with van der Waals surface area (Å²) in [6.45, 7) is 1.78. The molecule has 5 nitrogen and oxygen atoms in total. The zero-order valence-electron chi connectivity index (χ0n) is 14.0. The molecule has 0 atom stereocenters. The molecule has 0 aliphatic rings. The maximum Gasteiger partial charge on any atom is 0.219 e. The third kappa shape index (κ3) is 2.70. The monoisotopic (exact) mass is 331 g/mol. The minimum atomic E-state index is 0.155. The van der Waals surface area contributed by atoms with Crippen LogP contribution in [0.3, 0.4) is 0 Å². The molecule has 2 aromatic carbocycles. The smallest absolute Gasteiger partial charge is 0.219 e. The van der Waals surface area contributed by atoms with Gasteiger partial charge in [-0.15, -0.1) is 0 Å². The van der Waals surface area contributed by atoms with Crippen molar-refractivity contribution in [2.24, 2.45) is 0 Å². The van der Waals surface area contributed by atoms with Gasteiger partial charge in [0.05, 0.1) is 24.3 Å². The molecule has 0 spiro atoms. The first-order valence-corrected chi connectivity index (χ1v) is 7.94. The summed E-state index contributed by atoms with van der Waals surface area (Å²) in [5, 5.41) is 10.2. The van der Waals surface area contributed by atoms with Crippen molar-refractivity contribution >= 4 is 28.8 Å². The molecule has 2 aromatic heterocycles. The third-order valence-electron chi connectivity index (χ3n) is 4.17. The van der Waals surface area contributed by atoms with Gasteiger partial charge in [-0.05, 0) is 42.3 Å². The number of aromatic nitrogens is 3. The minimum Gasteiger partial charge on any atom is -0.497 e. The Labute approximate surface area is 144 Å². The predicted molar refractivity (Wildman–Crippen MR) is 98.8 cm³/mol. The Balaban J connectivity index is 1.75. The van der Waals surface area contributed by atoms with Crippen LogP contribution in [-0.4, -0.2) is 26.6 Å². The van der Waals surface area contributed by atoms with E-state index < -0.39 is 0 Å². The third-order valence-corrected chi connectivity index (χ3v) is 4.17.